The van der Waals surface area contributed by atoms with Gasteiger partial charge in [0.25, 0.3) is 5.69 Å². The van der Waals surface area contributed by atoms with E-state index >= 15 is 0 Å². The van der Waals surface area contributed by atoms with Gasteiger partial charge in [-0.05, 0) is 31.2 Å². The van der Waals surface area contributed by atoms with E-state index < -0.39 is 72.7 Å². The van der Waals surface area contributed by atoms with Gasteiger partial charge in [0.15, 0.2) is 6.61 Å². The SMILES string of the molecule is CCOC(=O)COC(=O)c1cc(Oc2ccc(C(F)(F)F)cc2Cl)ccc1[N+](=O)[O-].COc1cc(OC)nc(NC(=O)NS(=O)(=O)N(C)S(C)(=O)=O)n1. The number of halogens is 4. The Morgan fingerprint density at radius 3 is 2.08 bits per heavy atom. The van der Waals surface area contributed by atoms with E-state index in [0.29, 0.717) is 12.3 Å². The molecule has 1 heterocycles. The molecular weight excluding hydrogens is 789 g/mol. The van der Waals surface area contributed by atoms with E-state index in [2.05, 4.69) is 14.7 Å². The van der Waals surface area contributed by atoms with Crippen LogP contribution in [-0.2, 0) is 40.7 Å². The van der Waals surface area contributed by atoms with Crippen LogP contribution in [0.15, 0.2) is 42.5 Å². The highest BCUT2D eigenvalue weighted by Crippen LogP contribution is 2.37. The topological polar surface area (TPSA) is 262 Å². The minimum Gasteiger partial charge on any atom is -0.481 e. The molecule has 1 aromatic heterocycles. The van der Waals surface area contributed by atoms with Gasteiger partial charge in [0.1, 0.15) is 17.1 Å². The number of anilines is 1. The van der Waals surface area contributed by atoms with Crippen molar-refractivity contribution in [2.45, 2.75) is 13.1 Å². The molecule has 0 bridgehead atoms. The molecule has 0 aliphatic carbocycles. The van der Waals surface area contributed by atoms with Gasteiger partial charge in [-0.15, -0.1) is 0 Å². The number of nitro groups is 1. The molecule has 290 valence electrons. The largest absolute Gasteiger partial charge is 0.481 e. The summed E-state index contributed by atoms with van der Waals surface area (Å²) < 4.78 is 110. The molecule has 0 aliphatic heterocycles. The van der Waals surface area contributed by atoms with Crippen LogP contribution in [-0.4, -0.2) is 94.1 Å². The first-order valence-corrected chi connectivity index (χ1v) is 17.6. The maximum absolute atomic E-state index is 12.7. The molecule has 0 saturated heterocycles. The maximum atomic E-state index is 12.7. The molecule has 2 N–H and O–H groups in total. The number of methoxy groups -OCH3 is 2. The fraction of sp³-hybridized carbons (Fsp3) is 0.296. The Bertz CT molecular complexity index is 2050. The molecule has 0 saturated carbocycles. The number of ether oxygens (including phenoxy) is 5. The monoisotopic (exact) mass is 816 g/mol. The number of rotatable bonds is 13. The molecule has 0 unspecified atom stereocenters. The van der Waals surface area contributed by atoms with Crippen LogP contribution in [0.4, 0.5) is 29.6 Å². The van der Waals surface area contributed by atoms with Gasteiger partial charge in [0.2, 0.25) is 27.7 Å². The Hall–Kier alpha value is -5.53. The lowest BCUT2D eigenvalue weighted by molar-refractivity contribution is -0.385. The molecule has 2 amide bonds. The third kappa shape index (κ3) is 13.2. The van der Waals surface area contributed by atoms with Gasteiger partial charge in [-0.1, -0.05) is 15.3 Å². The standard InChI is InChI=1S/C18H13ClF3NO7.C9H15N5O7S2/c1-2-28-16(24)9-29-17(25)12-8-11(4-5-14(12)23(26)27)30-15-6-3-10(7-13(15)19)18(20,21)22;1-14(22(4,16)17)23(18,19)13-9(15)12-8-10-6(20-2)5-7(11-8)21-3/h3-8H,2,9H2,1H3;5H,1-4H3,(H2,10,11,12,13,15). The number of hydrogen-bond acceptors (Lipinski definition) is 16. The second-order valence-corrected chi connectivity index (χ2v) is 13.9. The van der Waals surface area contributed by atoms with Crippen molar-refractivity contribution in [1.82, 2.24) is 18.4 Å². The van der Waals surface area contributed by atoms with Crippen LogP contribution >= 0.6 is 11.6 Å². The molecule has 0 aliphatic rings. The lowest BCUT2D eigenvalue weighted by Crippen LogP contribution is -2.45. The Balaban J connectivity index is 0.000000381. The molecule has 26 heteroatoms. The highest BCUT2D eigenvalue weighted by molar-refractivity contribution is 8.03. The van der Waals surface area contributed by atoms with Crippen molar-refractivity contribution in [3.05, 3.63) is 68.7 Å². The minimum atomic E-state index is -4.61. The zero-order chi connectivity index (χ0) is 40.3. The number of carbonyl (C=O) groups excluding carboxylic acids is 3. The Morgan fingerprint density at radius 2 is 1.58 bits per heavy atom. The first kappa shape index (κ1) is 43.6. The highest BCUT2D eigenvalue weighted by Gasteiger charge is 2.31. The molecule has 3 rings (SSSR count). The van der Waals surface area contributed by atoms with Crippen molar-refractivity contribution in [1.29, 1.82) is 0 Å². The minimum absolute atomic E-state index is 0.00654. The summed E-state index contributed by atoms with van der Waals surface area (Å²) in [6, 6.07) is 5.42. The first-order valence-electron chi connectivity index (χ1n) is 13.9. The quantitative estimate of drug-likeness (QED) is 0.142. The van der Waals surface area contributed by atoms with Crippen molar-refractivity contribution in [2.24, 2.45) is 0 Å². The molecule has 0 radical (unpaired) electrons. The smallest absolute Gasteiger partial charge is 0.416 e. The molecule has 53 heavy (non-hydrogen) atoms. The van der Waals surface area contributed by atoms with Gasteiger partial charge in [0.05, 0.1) is 48.7 Å². The van der Waals surface area contributed by atoms with Crippen molar-refractivity contribution in [2.75, 3.05) is 46.1 Å². The summed E-state index contributed by atoms with van der Waals surface area (Å²) >= 11 is 5.81. The lowest BCUT2D eigenvalue weighted by Gasteiger charge is -2.15. The number of aromatic nitrogens is 2. The van der Waals surface area contributed by atoms with E-state index in [1.807, 2.05) is 5.32 Å². The van der Waals surface area contributed by atoms with Gasteiger partial charge in [-0.3, -0.25) is 15.4 Å². The van der Waals surface area contributed by atoms with Gasteiger partial charge in [0, 0.05) is 19.2 Å². The summed E-state index contributed by atoms with van der Waals surface area (Å²) in [4.78, 5) is 52.9. The fourth-order valence-corrected chi connectivity index (χ4v) is 5.52. The number of nitrogens with zero attached hydrogens (tertiary/aromatic N) is 4. The number of urea groups is 1. The molecule has 3 aromatic rings. The normalized spacial score (nSPS) is 11.4. The summed E-state index contributed by atoms with van der Waals surface area (Å²) in [7, 11) is -5.27. The summed E-state index contributed by atoms with van der Waals surface area (Å²) in [5, 5.41) is 12.8. The zero-order valence-electron chi connectivity index (χ0n) is 27.8. The number of alkyl halides is 3. The lowest BCUT2D eigenvalue weighted by atomic mass is 10.1. The van der Waals surface area contributed by atoms with Crippen LogP contribution in [0.3, 0.4) is 0 Å². The molecular formula is C27H28ClF3N6O14S2. The van der Waals surface area contributed by atoms with Crippen LogP contribution in [0.5, 0.6) is 23.3 Å². The van der Waals surface area contributed by atoms with E-state index in [4.69, 9.17) is 30.5 Å². The third-order valence-electron chi connectivity index (χ3n) is 5.85. The van der Waals surface area contributed by atoms with E-state index in [0.717, 1.165) is 37.4 Å². The Labute approximate surface area is 303 Å². The maximum Gasteiger partial charge on any atom is 0.416 e. The summed E-state index contributed by atoms with van der Waals surface area (Å²) in [6.07, 6.45) is -3.94. The third-order valence-corrected chi connectivity index (χ3v) is 9.60. The number of nitrogens with one attached hydrogen (secondary N) is 2. The second kappa shape index (κ2) is 18.3. The van der Waals surface area contributed by atoms with E-state index in [1.165, 1.54) is 31.9 Å². The molecule has 0 fully saturated rings. The number of carbonyl (C=O) groups is 3. The molecule has 2 aromatic carbocycles. The van der Waals surface area contributed by atoms with E-state index in [9.17, 15) is 54.5 Å². The van der Waals surface area contributed by atoms with E-state index in [-0.39, 0.29) is 44.5 Å². The van der Waals surface area contributed by atoms with Gasteiger partial charge in [-0.25, -0.2) is 27.5 Å². The number of nitro benzene ring substituents is 1. The number of amides is 2. The van der Waals surface area contributed by atoms with Crippen molar-refractivity contribution in [3.63, 3.8) is 0 Å². The second-order valence-electron chi connectivity index (χ2n) is 9.54. The van der Waals surface area contributed by atoms with Gasteiger partial charge < -0.3 is 23.7 Å². The van der Waals surface area contributed by atoms with Crippen LogP contribution in [0.1, 0.15) is 22.8 Å². The number of sulfonamides is 1. The predicted molar refractivity (Wildman–Crippen MR) is 175 cm³/mol. The average Bonchev–Trinajstić information content (AvgIpc) is 3.06. The molecule has 0 spiro atoms. The van der Waals surface area contributed by atoms with Crippen molar-refractivity contribution < 1.29 is 73.0 Å². The zero-order valence-corrected chi connectivity index (χ0v) is 30.2. The van der Waals surface area contributed by atoms with Gasteiger partial charge in [-0.2, -0.15) is 31.6 Å². The molecule has 0 atom stereocenters. The summed E-state index contributed by atoms with van der Waals surface area (Å²) in [5.74, 6) is -2.55. The molecule has 20 nitrogen and oxygen atoms in total. The van der Waals surface area contributed by atoms with Crippen LogP contribution in [0, 0.1) is 10.1 Å². The summed E-state index contributed by atoms with van der Waals surface area (Å²) in [5.41, 5.74) is -2.16. The number of hydrogen-bond donors (Lipinski definition) is 2. The first-order chi connectivity index (χ1) is 24.5. The van der Waals surface area contributed by atoms with Crippen LogP contribution in [0.2, 0.25) is 5.02 Å². The fourth-order valence-electron chi connectivity index (χ4n) is 3.35. The highest BCUT2D eigenvalue weighted by atomic mass is 35.5. The van der Waals surface area contributed by atoms with E-state index in [1.54, 1.807) is 0 Å². The van der Waals surface area contributed by atoms with Crippen LogP contribution < -0.4 is 24.2 Å². The number of benzene rings is 2. The van der Waals surface area contributed by atoms with Crippen LogP contribution in [0.25, 0.3) is 0 Å². The summed E-state index contributed by atoms with van der Waals surface area (Å²) in [6.45, 7) is 0.825. The average molecular weight is 817 g/mol. The number of esters is 2. The van der Waals surface area contributed by atoms with Crippen molar-refractivity contribution in [3.8, 4) is 23.3 Å². The Morgan fingerprint density at radius 1 is 0.981 bits per heavy atom. The predicted octanol–water partition coefficient (Wildman–Crippen LogP) is 3.53. The van der Waals surface area contributed by atoms with Gasteiger partial charge >= 0.3 is 34.4 Å². The van der Waals surface area contributed by atoms with Crippen molar-refractivity contribution >= 4 is 61.4 Å². The Kier molecular flexibility index (Phi) is 15.1.